The predicted octanol–water partition coefficient (Wildman–Crippen LogP) is 3.15. The summed E-state index contributed by atoms with van der Waals surface area (Å²) < 4.78 is 11.0. The van der Waals surface area contributed by atoms with Crippen LogP contribution in [0.25, 0.3) is 0 Å². The Bertz CT molecular complexity index is 1050. The molecule has 0 spiro atoms. The van der Waals surface area contributed by atoms with Gasteiger partial charge in [-0.3, -0.25) is 19.9 Å². The van der Waals surface area contributed by atoms with Gasteiger partial charge in [-0.25, -0.2) is 4.98 Å². The average Bonchev–Trinajstić information content (AvgIpc) is 3.20. The fourth-order valence-corrected chi connectivity index (χ4v) is 4.17. The zero-order chi connectivity index (χ0) is 21.6. The van der Waals surface area contributed by atoms with Crippen molar-refractivity contribution in [3.8, 4) is 11.5 Å². The Balaban J connectivity index is 1.32. The molecule has 3 heterocycles. The van der Waals surface area contributed by atoms with E-state index >= 15 is 0 Å². The fourth-order valence-electron chi connectivity index (χ4n) is 3.16. The van der Waals surface area contributed by atoms with Crippen LogP contribution in [0.3, 0.4) is 0 Å². The minimum Gasteiger partial charge on any atom is -0.494 e. The summed E-state index contributed by atoms with van der Waals surface area (Å²) >= 11 is 1.38. The molecule has 160 valence electrons. The zero-order valence-electron chi connectivity index (χ0n) is 17.0. The van der Waals surface area contributed by atoms with E-state index in [9.17, 15) is 9.59 Å². The number of rotatable bonds is 7. The normalized spacial score (nSPS) is 12.7. The number of amides is 2. The standard InChI is InChI=1S/C22H22N4O4S/c1-2-29-15-6-8-16(9-7-15)30-14-20(27)26-12-10-17-19(13-26)31-22(24-17)25-21(28)18-5-3-4-11-23-18/h3-9,11H,2,10,12-14H2,1H3,(H,24,25,28). The van der Waals surface area contributed by atoms with Crippen LogP contribution < -0.4 is 14.8 Å². The van der Waals surface area contributed by atoms with E-state index in [1.165, 1.54) is 11.3 Å². The zero-order valence-corrected chi connectivity index (χ0v) is 17.9. The number of carbonyl (C=O) groups is 2. The fraction of sp³-hybridized carbons (Fsp3) is 0.273. The van der Waals surface area contributed by atoms with Gasteiger partial charge in [-0.2, -0.15) is 0 Å². The second-order valence-corrected chi connectivity index (χ2v) is 7.90. The molecular formula is C22H22N4O4S. The molecule has 9 heteroatoms. The van der Waals surface area contributed by atoms with Gasteiger partial charge >= 0.3 is 0 Å². The molecule has 31 heavy (non-hydrogen) atoms. The van der Waals surface area contributed by atoms with Crippen molar-refractivity contribution in [1.29, 1.82) is 0 Å². The van der Waals surface area contributed by atoms with Gasteiger partial charge in [-0.1, -0.05) is 17.4 Å². The van der Waals surface area contributed by atoms with Crippen LogP contribution in [0.5, 0.6) is 11.5 Å². The maximum Gasteiger partial charge on any atom is 0.276 e. The van der Waals surface area contributed by atoms with Gasteiger partial charge in [0.2, 0.25) is 0 Å². The third-order valence-corrected chi connectivity index (χ3v) is 5.70. The van der Waals surface area contributed by atoms with Crippen LogP contribution in [-0.4, -0.2) is 46.4 Å². The second kappa shape index (κ2) is 9.57. The number of aromatic nitrogens is 2. The smallest absolute Gasteiger partial charge is 0.276 e. The first-order chi connectivity index (χ1) is 15.1. The highest BCUT2D eigenvalue weighted by atomic mass is 32.1. The van der Waals surface area contributed by atoms with E-state index in [2.05, 4.69) is 15.3 Å². The highest BCUT2D eigenvalue weighted by Crippen LogP contribution is 2.28. The molecule has 1 aromatic carbocycles. The van der Waals surface area contributed by atoms with Crippen LogP contribution in [-0.2, 0) is 17.8 Å². The van der Waals surface area contributed by atoms with Crippen LogP contribution in [0.1, 0.15) is 28.0 Å². The third-order valence-electron chi connectivity index (χ3n) is 4.70. The number of pyridine rings is 1. The van der Waals surface area contributed by atoms with Crippen molar-refractivity contribution in [3.63, 3.8) is 0 Å². The molecule has 1 aliphatic rings. The van der Waals surface area contributed by atoms with Gasteiger partial charge in [0.25, 0.3) is 11.8 Å². The molecule has 1 aliphatic heterocycles. The molecular weight excluding hydrogens is 416 g/mol. The minimum atomic E-state index is -0.302. The number of nitrogens with zero attached hydrogens (tertiary/aromatic N) is 3. The molecule has 0 saturated carbocycles. The Morgan fingerprint density at radius 1 is 1.13 bits per heavy atom. The lowest BCUT2D eigenvalue weighted by atomic mass is 10.2. The molecule has 3 aromatic rings. The third kappa shape index (κ3) is 5.18. The van der Waals surface area contributed by atoms with Crippen molar-refractivity contribution in [3.05, 3.63) is 64.9 Å². The van der Waals surface area contributed by atoms with Gasteiger partial charge in [0.1, 0.15) is 17.2 Å². The van der Waals surface area contributed by atoms with Gasteiger partial charge < -0.3 is 14.4 Å². The van der Waals surface area contributed by atoms with Gasteiger partial charge in [0.05, 0.1) is 18.8 Å². The van der Waals surface area contributed by atoms with Gasteiger partial charge in [0.15, 0.2) is 11.7 Å². The van der Waals surface area contributed by atoms with Gasteiger partial charge in [-0.05, 0) is 43.3 Å². The predicted molar refractivity (Wildman–Crippen MR) is 117 cm³/mol. The summed E-state index contributed by atoms with van der Waals surface area (Å²) in [4.78, 5) is 36.1. The molecule has 8 nitrogen and oxygen atoms in total. The molecule has 2 aromatic heterocycles. The van der Waals surface area contributed by atoms with Crippen molar-refractivity contribution in [2.75, 3.05) is 25.1 Å². The van der Waals surface area contributed by atoms with Crippen LogP contribution in [0.2, 0.25) is 0 Å². The Morgan fingerprint density at radius 2 is 1.90 bits per heavy atom. The van der Waals surface area contributed by atoms with E-state index in [1.54, 1.807) is 41.4 Å². The summed E-state index contributed by atoms with van der Waals surface area (Å²) in [6.07, 6.45) is 2.21. The number of fused-ring (bicyclic) bond motifs is 1. The Labute approximate surface area is 183 Å². The van der Waals surface area contributed by atoms with Crippen LogP contribution in [0, 0.1) is 0 Å². The summed E-state index contributed by atoms with van der Waals surface area (Å²) in [7, 11) is 0. The first-order valence-electron chi connectivity index (χ1n) is 9.96. The van der Waals surface area contributed by atoms with Gasteiger partial charge in [0, 0.05) is 24.0 Å². The molecule has 0 unspecified atom stereocenters. The number of thiazole rings is 1. The molecule has 0 radical (unpaired) electrons. The van der Waals surface area contributed by atoms with E-state index in [0.717, 1.165) is 16.3 Å². The minimum absolute atomic E-state index is 0.0363. The molecule has 1 N–H and O–H groups in total. The Morgan fingerprint density at radius 3 is 2.61 bits per heavy atom. The number of carbonyl (C=O) groups excluding carboxylic acids is 2. The summed E-state index contributed by atoms with van der Waals surface area (Å²) in [5, 5.41) is 3.30. The molecule has 2 amide bonds. The first kappa shape index (κ1) is 20.8. The highest BCUT2D eigenvalue weighted by Gasteiger charge is 2.25. The first-order valence-corrected chi connectivity index (χ1v) is 10.8. The molecule has 0 aliphatic carbocycles. The number of ether oxygens (including phenoxy) is 2. The number of anilines is 1. The molecule has 4 rings (SSSR count). The lowest BCUT2D eigenvalue weighted by Gasteiger charge is -2.26. The summed E-state index contributed by atoms with van der Waals surface area (Å²) in [5.41, 5.74) is 1.25. The Kier molecular flexibility index (Phi) is 6.42. The second-order valence-electron chi connectivity index (χ2n) is 6.82. The van der Waals surface area contributed by atoms with Crippen molar-refractivity contribution in [2.45, 2.75) is 19.9 Å². The number of hydrogen-bond acceptors (Lipinski definition) is 7. The molecule has 0 bridgehead atoms. The number of hydrogen-bond donors (Lipinski definition) is 1. The molecule has 0 saturated heterocycles. The van der Waals surface area contributed by atoms with Crippen LogP contribution in [0.4, 0.5) is 5.13 Å². The molecule has 0 fully saturated rings. The Hall–Kier alpha value is -3.46. The van der Waals surface area contributed by atoms with Crippen molar-refractivity contribution in [2.24, 2.45) is 0 Å². The summed E-state index contributed by atoms with van der Waals surface area (Å²) in [6, 6.07) is 12.4. The largest absolute Gasteiger partial charge is 0.494 e. The maximum atomic E-state index is 12.6. The van der Waals surface area contributed by atoms with Gasteiger partial charge in [-0.15, -0.1) is 0 Å². The lowest BCUT2D eigenvalue weighted by molar-refractivity contribution is -0.134. The van der Waals surface area contributed by atoms with Crippen molar-refractivity contribution in [1.82, 2.24) is 14.9 Å². The van der Waals surface area contributed by atoms with E-state index in [0.29, 0.717) is 42.7 Å². The lowest BCUT2D eigenvalue weighted by Crippen LogP contribution is -2.38. The summed E-state index contributed by atoms with van der Waals surface area (Å²) in [6.45, 7) is 3.51. The number of benzene rings is 1. The average molecular weight is 439 g/mol. The monoisotopic (exact) mass is 438 g/mol. The quantitative estimate of drug-likeness (QED) is 0.609. The van der Waals surface area contributed by atoms with E-state index in [4.69, 9.17) is 9.47 Å². The number of nitrogens with one attached hydrogen (secondary N) is 1. The highest BCUT2D eigenvalue weighted by molar-refractivity contribution is 7.15. The van der Waals surface area contributed by atoms with E-state index in [-0.39, 0.29) is 18.4 Å². The van der Waals surface area contributed by atoms with Crippen molar-refractivity contribution < 1.29 is 19.1 Å². The van der Waals surface area contributed by atoms with Crippen molar-refractivity contribution >= 4 is 28.3 Å². The van der Waals surface area contributed by atoms with E-state index < -0.39 is 0 Å². The van der Waals surface area contributed by atoms with Crippen LogP contribution in [0.15, 0.2) is 48.7 Å². The molecule has 0 atom stereocenters. The maximum absolute atomic E-state index is 12.6. The topological polar surface area (TPSA) is 93.7 Å². The summed E-state index contributed by atoms with van der Waals surface area (Å²) in [5.74, 6) is 0.989. The SMILES string of the molecule is CCOc1ccc(OCC(=O)N2CCc3nc(NC(=O)c4ccccn4)sc3C2)cc1. The van der Waals surface area contributed by atoms with Crippen LogP contribution >= 0.6 is 11.3 Å². The van der Waals surface area contributed by atoms with E-state index in [1.807, 2.05) is 19.1 Å².